The summed E-state index contributed by atoms with van der Waals surface area (Å²) in [6.45, 7) is 1.84. The van der Waals surface area contributed by atoms with E-state index in [2.05, 4.69) is 4.74 Å². The number of hydrogen-bond donors (Lipinski definition) is 1. The van der Waals surface area contributed by atoms with Gasteiger partial charge in [0.1, 0.15) is 10.9 Å². The molecule has 0 unspecified atom stereocenters. The Morgan fingerprint density at radius 3 is 2.48 bits per heavy atom. The van der Waals surface area contributed by atoms with E-state index in [1.807, 2.05) is 0 Å². The first kappa shape index (κ1) is 21.4. The predicted octanol–water partition coefficient (Wildman–Crippen LogP) is 1.68. The maximum Gasteiger partial charge on any atom is 0.404 e. The number of alkyl halides is 3. The van der Waals surface area contributed by atoms with E-state index in [4.69, 9.17) is 4.74 Å². The van der Waals surface area contributed by atoms with Crippen molar-refractivity contribution >= 4 is 16.0 Å². The molecule has 1 rings (SSSR count). The lowest BCUT2D eigenvalue weighted by atomic mass is 10.4. The van der Waals surface area contributed by atoms with Gasteiger partial charge in [0.05, 0.1) is 13.2 Å². The predicted molar refractivity (Wildman–Crippen MR) is 78.1 cm³/mol. The summed E-state index contributed by atoms with van der Waals surface area (Å²) in [7, 11) is -3.54. The van der Waals surface area contributed by atoms with Crippen LogP contribution in [0.25, 0.3) is 0 Å². The van der Waals surface area contributed by atoms with Crippen LogP contribution in [-0.4, -0.2) is 51.5 Å². The summed E-state index contributed by atoms with van der Waals surface area (Å²) < 4.78 is 88.0. The maximum atomic E-state index is 14.5. The summed E-state index contributed by atoms with van der Waals surface area (Å²) in [5.74, 6) is -2.63. The molecule has 0 aliphatic rings. The Bertz CT molecular complexity index is 715. The molecule has 1 atom stereocenters. The number of halogens is 4. The molecule has 0 saturated heterocycles. The van der Waals surface area contributed by atoms with Gasteiger partial charge in [-0.05, 0) is 13.8 Å². The molecule has 12 heteroatoms. The van der Waals surface area contributed by atoms with Gasteiger partial charge < -0.3 is 14.0 Å². The van der Waals surface area contributed by atoms with Crippen LogP contribution >= 0.6 is 0 Å². The molecule has 25 heavy (non-hydrogen) atoms. The minimum Gasteiger partial charge on any atom is -0.461 e. The van der Waals surface area contributed by atoms with E-state index in [0.29, 0.717) is 6.92 Å². The molecule has 1 aromatic heterocycles. The van der Waals surface area contributed by atoms with Crippen molar-refractivity contribution < 1.29 is 40.2 Å². The van der Waals surface area contributed by atoms with Crippen molar-refractivity contribution in [3.05, 3.63) is 17.7 Å². The molecular formula is C13H18F4N2O5S. The van der Waals surface area contributed by atoms with Gasteiger partial charge in [0.2, 0.25) is 10.0 Å². The van der Waals surface area contributed by atoms with E-state index in [1.54, 1.807) is 0 Å². The van der Waals surface area contributed by atoms with Crippen LogP contribution in [0.3, 0.4) is 0 Å². The Kier molecular flexibility index (Phi) is 6.97. The highest BCUT2D eigenvalue weighted by Crippen LogP contribution is 2.25. The third-order valence-electron chi connectivity index (χ3n) is 3.10. The van der Waals surface area contributed by atoms with E-state index in [0.717, 1.165) is 10.8 Å². The number of hydrogen-bond acceptors (Lipinski definition) is 5. The number of methoxy groups -OCH3 is 1. The SMILES string of the molecule is CCOC(=O)c1c(F)c(S(=O)(=O)N[C@H](C)C(F)(F)F)cn1CCOC. The molecule has 0 saturated carbocycles. The van der Waals surface area contributed by atoms with E-state index in [-0.39, 0.29) is 19.8 Å². The highest BCUT2D eigenvalue weighted by Gasteiger charge is 2.40. The zero-order valence-electron chi connectivity index (χ0n) is 13.7. The molecule has 1 aromatic rings. The molecule has 1 N–H and O–H groups in total. The Balaban J connectivity index is 3.33. The van der Waals surface area contributed by atoms with E-state index < -0.39 is 44.6 Å². The topological polar surface area (TPSA) is 86.6 Å². The lowest BCUT2D eigenvalue weighted by Gasteiger charge is -2.16. The van der Waals surface area contributed by atoms with Crippen molar-refractivity contribution in [1.29, 1.82) is 0 Å². The van der Waals surface area contributed by atoms with Crippen LogP contribution in [0.1, 0.15) is 24.3 Å². The monoisotopic (exact) mass is 390 g/mol. The Morgan fingerprint density at radius 1 is 1.40 bits per heavy atom. The number of carbonyl (C=O) groups excluding carboxylic acids is 1. The Labute approximate surface area is 141 Å². The standard InChI is InChI=1S/C13H18F4N2O5S/c1-4-24-12(20)11-10(14)9(7-19(11)5-6-23-3)25(21,22)18-8(2)13(15,16)17/h7-8,18H,4-6H2,1-3H3/t8-/m1/s1. The van der Waals surface area contributed by atoms with Gasteiger partial charge in [-0.15, -0.1) is 0 Å². The van der Waals surface area contributed by atoms with Crippen molar-refractivity contribution in [3.63, 3.8) is 0 Å². The maximum absolute atomic E-state index is 14.5. The van der Waals surface area contributed by atoms with Crippen molar-refractivity contribution in [2.24, 2.45) is 0 Å². The molecule has 0 fully saturated rings. The molecule has 7 nitrogen and oxygen atoms in total. The van der Waals surface area contributed by atoms with Crippen molar-refractivity contribution in [2.75, 3.05) is 20.3 Å². The first-order valence-electron chi connectivity index (χ1n) is 7.09. The summed E-state index contributed by atoms with van der Waals surface area (Å²) in [6, 6.07) is -2.44. The van der Waals surface area contributed by atoms with Crippen molar-refractivity contribution in [2.45, 2.75) is 37.5 Å². The summed E-state index contributed by atoms with van der Waals surface area (Å²) in [5, 5.41) is 0. The third-order valence-corrected chi connectivity index (χ3v) is 4.63. The van der Waals surface area contributed by atoms with Gasteiger partial charge in [-0.2, -0.15) is 17.9 Å². The lowest BCUT2D eigenvalue weighted by molar-refractivity contribution is -0.147. The summed E-state index contributed by atoms with van der Waals surface area (Å²) in [5.41, 5.74) is -0.709. The van der Waals surface area contributed by atoms with Crippen LogP contribution in [0, 0.1) is 5.82 Å². The number of sulfonamides is 1. The van der Waals surface area contributed by atoms with Gasteiger partial charge in [0.25, 0.3) is 0 Å². The second-order valence-corrected chi connectivity index (χ2v) is 6.63. The highest BCUT2D eigenvalue weighted by atomic mass is 32.2. The molecule has 144 valence electrons. The van der Waals surface area contributed by atoms with Crippen LogP contribution < -0.4 is 4.72 Å². The zero-order valence-corrected chi connectivity index (χ0v) is 14.5. The number of carbonyl (C=O) groups is 1. The quantitative estimate of drug-likeness (QED) is 0.539. The molecule has 0 aliphatic heterocycles. The number of aromatic nitrogens is 1. The first-order valence-corrected chi connectivity index (χ1v) is 8.57. The number of esters is 1. The second kappa shape index (κ2) is 8.15. The lowest BCUT2D eigenvalue weighted by Crippen LogP contribution is -2.43. The molecule has 0 radical (unpaired) electrons. The largest absolute Gasteiger partial charge is 0.461 e. The van der Waals surface area contributed by atoms with Crippen LogP contribution in [-0.2, 0) is 26.0 Å². The molecular weight excluding hydrogens is 372 g/mol. The third kappa shape index (κ3) is 5.16. The number of nitrogens with one attached hydrogen (secondary N) is 1. The smallest absolute Gasteiger partial charge is 0.404 e. The molecule has 0 spiro atoms. The van der Waals surface area contributed by atoms with Gasteiger partial charge in [0, 0.05) is 19.9 Å². The number of rotatable bonds is 8. The van der Waals surface area contributed by atoms with Gasteiger partial charge in [0.15, 0.2) is 11.5 Å². The minimum atomic E-state index is -4.86. The van der Waals surface area contributed by atoms with Crippen LogP contribution in [0.2, 0.25) is 0 Å². The summed E-state index contributed by atoms with van der Waals surface area (Å²) >= 11 is 0. The Hall–Kier alpha value is -1.66. The van der Waals surface area contributed by atoms with E-state index in [9.17, 15) is 30.8 Å². The molecule has 0 aliphatic carbocycles. The molecule has 0 aromatic carbocycles. The van der Waals surface area contributed by atoms with Crippen LogP contribution in [0.15, 0.2) is 11.1 Å². The number of nitrogens with zero attached hydrogens (tertiary/aromatic N) is 1. The van der Waals surface area contributed by atoms with Crippen molar-refractivity contribution in [3.8, 4) is 0 Å². The van der Waals surface area contributed by atoms with E-state index >= 15 is 0 Å². The van der Waals surface area contributed by atoms with Gasteiger partial charge in [-0.3, -0.25) is 0 Å². The van der Waals surface area contributed by atoms with Crippen molar-refractivity contribution in [1.82, 2.24) is 9.29 Å². The van der Waals surface area contributed by atoms with Gasteiger partial charge >= 0.3 is 12.1 Å². The normalized spacial score (nSPS) is 13.7. The average molecular weight is 390 g/mol. The summed E-state index contributed by atoms with van der Waals surface area (Å²) in [6.07, 6.45) is -4.13. The minimum absolute atomic E-state index is 0.00634. The summed E-state index contributed by atoms with van der Waals surface area (Å²) in [4.78, 5) is 10.8. The fourth-order valence-corrected chi connectivity index (χ4v) is 3.15. The van der Waals surface area contributed by atoms with Gasteiger partial charge in [-0.1, -0.05) is 0 Å². The van der Waals surface area contributed by atoms with Crippen LogP contribution in [0.5, 0.6) is 0 Å². The second-order valence-electron chi connectivity index (χ2n) is 4.95. The van der Waals surface area contributed by atoms with Crippen LogP contribution in [0.4, 0.5) is 17.6 Å². The first-order chi connectivity index (χ1) is 11.5. The highest BCUT2D eigenvalue weighted by molar-refractivity contribution is 7.89. The molecule has 0 amide bonds. The molecule has 1 heterocycles. The average Bonchev–Trinajstić information content (AvgIpc) is 2.81. The molecule has 0 bridgehead atoms. The number of ether oxygens (including phenoxy) is 2. The Morgan fingerprint density at radius 2 is 2.00 bits per heavy atom. The fraction of sp³-hybridized carbons (Fsp3) is 0.615. The fourth-order valence-electron chi connectivity index (χ4n) is 1.83. The van der Waals surface area contributed by atoms with Gasteiger partial charge in [-0.25, -0.2) is 17.6 Å². The van der Waals surface area contributed by atoms with E-state index in [1.165, 1.54) is 18.8 Å². The zero-order chi connectivity index (χ0) is 19.4.